The van der Waals surface area contributed by atoms with E-state index in [9.17, 15) is 17.6 Å². The number of hydrogen-bond acceptors (Lipinski definition) is 14. The van der Waals surface area contributed by atoms with E-state index in [1.165, 1.54) is 56.0 Å². The third kappa shape index (κ3) is 13.2. The molecule has 4 bridgehead atoms. The van der Waals surface area contributed by atoms with Crippen LogP contribution in [-0.4, -0.2) is 121 Å². The average molecular weight is 1040 g/mol. The van der Waals surface area contributed by atoms with Crippen LogP contribution in [0.25, 0.3) is 43.2 Å². The topological polar surface area (TPSA) is 132 Å². The maximum atomic E-state index is 14.1. The Bertz CT molecular complexity index is 2880. The number of thiophene rings is 1. The van der Waals surface area contributed by atoms with Crippen LogP contribution in [0.15, 0.2) is 79.4 Å². The van der Waals surface area contributed by atoms with Crippen molar-refractivity contribution < 1.29 is 36.5 Å². The first-order chi connectivity index (χ1) is 34.2. The highest BCUT2D eigenvalue weighted by atomic mass is 35.5. The third-order valence-electron chi connectivity index (χ3n) is 11.9. The van der Waals surface area contributed by atoms with E-state index in [-0.39, 0.29) is 38.8 Å². The first-order valence-electron chi connectivity index (χ1n) is 23.0. The van der Waals surface area contributed by atoms with Gasteiger partial charge in [0.15, 0.2) is 11.6 Å². The van der Waals surface area contributed by atoms with E-state index in [1.54, 1.807) is 36.7 Å². The number of rotatable bonds is 11. The predicted octanol–water partition coefficient (Wildman–Crippen LogP) is 10.7. The Labute approximate surface area is 423 Å². The Hall–Kier alpha value is -5.89. The smallest absolute Gasteiger partial charge is 0.390 e. The molecule has 20 heteroatoms. The molecule has 3 aliphatic heterocycles. The molecule has 0 atom stereocenters. The standard InChI is InChI=1S/C45H39Cl2F4N7O4S.C6H14N2/c1-25-35-26(2)39(47)40(38(25)46)60-20-19-59-32-8-9-33(28(21-32)12-18-61-43-37-36(35)41(63-44(37)57-24-56-43)27-3-6-30(48)7-4-27)62-23-31-11-14-54-42(58-31)29-5-10-34(55-22-29)53-17-16-52-15-13-45(49,50)51;1-7-3-5-8(2)6-4-7/h3-11,14,21-22,24,52H,12-13,15-20,23H2,1-2H3,(H,53,55);3-6H2,1-2H3. The molecule has 0 unspecified atom stereocenters. The van der Waals surface area contributed by atoms with Gasteiger partial charge < -0.3 is 39.4 Å². The van der Waals surface area contributed by atoms with Gasteiger partial charge in [0.2, 0.25) is 5.88 Å². The molecule has 3 aliphatic rings. The van der Waals surface area contributed by atoms with E-state index < -0.39 is 12.6 Å². The summed E-state index contributed by atoms with van der Waals surface area (Å²) in [5.41, 5.74) is 5.89. The molecule has 7 aromatic rings. The fourth-order valence-corrected chi connectivity index (χ4v) is 9.66. The van der Waals surface area contributed by atoms with Gasteiger partial charge in [-0.05, 0) is 98.7 Å². The zero-order valence-corrected chi connectivity index (χ0v) is 42.0. The van der Waals surface area contributed by atoms with Crippen molar-refractivity contribution in [1.29, 1.82) is 0 Å². The van der Waals surface area contributed by atoms with E-state index in [0.29, 0.717) is 85.8 Å². The number of alkyl halides is 3. The lowest BCUT2D eigenvalue weighted by Gasteiger charge is -2.28. The summed E-state index contributed by atoms with van der Waals surface area (Å²) in [4.78, 5) is 29.0. The minimum Gasteiger partial charge on any atom is -0.490 e. The lowest BCUT2D eigenvalue weighted by molar-refractivity contribution is -0.133. The summed E-state index contributed by atoms with van der Waals surface area (Å²) in [7, 11) is 4.35. The van der Waals surface area contributed by atoms with Crippen molar-refractivity contribution in [2.45, 2.75) is 39.5 Å². The van der Waals surface area contributed by atoms with Gasteiger partial charge >= 0.3 is 6.18 Å². The second-order valence-corrected chi connectivity index (χ2v) is 18.8. The van der Waals surface area contributed by atoms with Crippen LogP contribution in [0.1, 0.15) is 28.8 Å². The highest BCUT2D eigenvalue weighted by Gasteiger charge is 2.29. The van der Waals surface area contributed by atoms with Crippen LogP contribution in [0, 0.1) is 19.7 Å². The molecule has 71 heavy (non-hydrogen) atoms. The summed E-state index contributed by atoms with van der Waals surface area (Å²) >= 11 is 15.5. The lowest BCUT2D eigenvalue weighted by Crippen LogP contribution is -2.42. The van der Waals surface area contributed by atoms with Crippen LogP contribution in [0.3, 0.4) is 0 Å². The highest BCUT2D eigenvalue weighted by molar-refractivity contribution is 7.22. The molecule has 0 saturated carbocycles. The van der Waals surface area contributed by atoms with Gasteiger partial charge in [0.05, 0.1) is 34.2 Å². The fraction of sp³-hybridized carbons (Fsp3) is 0.353. The number of piperazine rings is 1. The minimum absolute atomic E-state index is 0.125. The van der Waals surface area contributed by atoms with Gasteiger partial charge in [-0.1, -0.05) is 35.3 Å². The molecule has 7 heterocycles. The van der Waals surface area contributed by atoms with E-state index in [4.69, 9.17) is 47.1 Å². The molecule has 374 valence electrons. The SMILES string of the molecule is CN1CCN(C)CC1.Cc1c(Cl)c2c(Cl)c(C)c1-c1c(-c3ccc(F)cc3)sc3ncnc(c13)OCCc1cc(ccc1OCc1ccnc(-c3ccc(NCCNCCC(F)(F)F)nc3)n1)OCCO2. The van der Waals surface area contributed by atoms with Gasteiger partial charge in [-0.2, -0.15) is 13.2 Å². The molecule has 13 nitrogen and oxygen atoms in total. The number of benzene rings is 3. The summed E-state index contributed by atoms with van der Waals surface area (Å²) in [5.74, 6) is 2.54. The van der Waals surface area contributed by atoms with Gasteiger partial charge in [0, 0.05) is 86.2 Å². The highest BCUT2D eigenvalue weighted by Crippen LogP contribution is 2.52. The molecule has 0 amide bonds. The zero-order valence-electron chi connectivity index (χ0n) is 39.6. The van der Waals surface area contributed by atoms with Gasteiger partial charge in [0.25, 0.3) is 0 Å². The first-order valence-corrected chi connectivity index (χ1v) is 24.6. The molecule has 0 aliphatic carbocycles. The molecule has 3 aromatic carbocycles. The molecule has 4 aromatic heterocycles. The number of hydrogen-bond donors (Lipinski definition) is 2. The van der Waals surface area contributed by atoms with E-state index in [1.807, 2.05) is 38.1 Å². The Morgan fingerprint density at radius 2 is 1.49 bits per heavy atom. The number of nitrogens with zero attached hydrogens (tertiary/aromatic N) is 7. The number of likely N-dealkylation sites (N-methyl/N-ethyl adjacent to an activating group) is 2. The van der Waals surface area contributed by atoms with Crippen LogP contribution in [-0.2, 0) is 13.0 Å². The normalized spacial score (nSPS) is 14.5. The molecule has 0 spiro atoms. The molecular weight excluding hydrogens is 982 g/mol. The second-order valence-electron chi connectivity index (χ2n) is 17.1. The van der Waals surface area contributed by atoms with Gasteiger partial charge in [-0.3, -0.25) is 0 Å². The summed E-state index contributed by atoms with van der Waals surface area (Å²) in [6, 6.07) is 17.1. The van der Waals surface area contributed by atoms with Crippen LogP contribution in [0.4, 0.5) is 23.4 Å². The van der Waals surface area contributed by atoms with Crippen molar-refractivity contribution in [1.82, 2.24) is 40.0 Å². The van der Waals surface area contributed by atoms with Crippen LogP contribution in [0.5, 0.6) is 23.1 Å². The van der Waals surface area contributed by atoms with Crippen molar-refractivity contribution in [3.05, 3.63) is 118 Å². The van der Waals surface area contributed by atoms with E-state index in [2.05, 4.69) is 54.5 Å². The average Bonchev–Trinajstić information content (AvgIpc) is 3.75. The predicted molar refractivity (Wildman–Crippen MR) is 271 cm³/mol. The maximum Gasteiger partial charge on any atom is 0.390 e. The number of nitrogens with one attached hydrogen (secondary N) is 2. The monoisotopic (exact) mass is 1030 g/mol. The lowest BCUT2D eigenvalue weighted by atomic mass is 9.92. The van der Waals surface area contributed by atoms with Crippen molar-refractivity contribution in [2.75, 3.05) is 85.0 Å². The Morgan fingerprint density at radius 3 is 2.20 bits per heavy atom. The second kappa shape index (κ2) is 23.6. The summed E-state index contributed by atoms with van der Waals surface area (Å²) in [6.07, 6.45) is 0.0694. The molecule has 1 fully saturated rings. The van der Waals surface area contributed by atoms with Gasteiger partial charge in [-0.15, -0.1) is 11.3 Å². The van der Waals surface area contributed by atoms with Crippen molar-refractivity contribution >= 4 is 50.6 Å². The van der Waals surface area contributed by atoms with Crippen LogP contribution >= 0.6 is 34.5 Å². The van der Waals surface area contributed by atoms with Crippen LogP contribution in [0.2, 0.25) is 10.0 Å². The summed E-state index contributed by atoms with van der Waals surface area (Å²) < 4.78 is 76.4. The van der Waals surface area contributed by atoms with Crippen molar-refractivity contribution in [2.24, 2.45) is 0 Å². The number of halogens is 6. The number of ether oxygens (including phenoxy) is 4. The Morgan fingerprint density at radius 1 is 0.775 bits per heavy atom. The first kappa shape index (κ1) is 51.5. The van der Waals surface area contributed by atoms with Gasteiger partial charge in [-0.25, -0.2) is 29.3 Å². The number of aromatic nitrogens is 5. The summed E-state index contributed by atoms with van der Waals surface area (Å²) in [6.45, 7) is 10.0. The zero-order chi connectivity index (χ0) is 50.1. The van der Waals surface area contributed by atoms with Crippen molar-refractivity contribution in [3.8, 4) is 56.1 Å². The molecule has 0 radical (unpaired) electrons. The molecule has 10 rings (SSSR count). The van der Waals surface area contributed by atoms with Gasteiger partial charge in [0.1, 0.15) is 54.1 Å². The van der Waals surface area contributed by atoms with Crippen LogP contribution < -0.4 is 29.6 Å². The number of anilines is 1. The third-order valence-corrected chi connectivity index (χ3v) is 13.9. The molecule has 2 N–H and O–H groups in total. The summed E-state index contributed by atoms with van der Waals surface area (Å²) in [5, 5.41) is 7.22. The van der Waals surface area contributed by atoms with Crippen molar-refractivity contribution in [3.63, 3.8) is 0 Å². The Kier molecular flexibility index (Phi) is 17.1. The number of pyridine rings is 1. The van der Waals surface area contributed by atoms with E-state index in [0.717, 1.165) is 38.3 Å². The number of fused-ring (bicyclic) bond motifs is 7. The largest absolute Gasteiger partial charge is 0.490 e. The van der Waals surface area contributed by atoms with E-state index >= 15 is 0 Å². The fourth-order valence-electron chi connectivity index (χ4n) is 7.98. The Balaban J connectivity index is 0.000000769. The molecular formula is C51H53Cl2F4N9O4S. The molecule has 1 saturated heterocycles. The quantitative estimate of drug-likeness (QED) is 0.0942. The minimum atomic E-state index is -4.19. The maximum absolute atomic E-state index is 14.1.